The molecule has 1 aliphatic rings. The summed E-state index contributed by atoms with van der Waals surface area (Å²) >= 11 is 0. The van der Waals surface area contributed by atoms with Crippen molar-refractivity contribution in [3.8, 4) is 0 Å². The van der Waals surface area contributed by atoms with E-state index in [0.717, 1.165) is 18.4 Å². The van der Waals surface area contributed by atoms with E-state index in [1.807, 2.05) is 0 Å². The number of hydrogen-bond donors (Lipinski definition) is 1. The van der Waals surface area contributed by atoms with Crippen molar-refractivity contribution in [2.75, 3.05) is 6.54 Å². The van der Waals surface area contributed by atoms with Gasteiger partial charge in [-0.25, -0.2) is 4.39 Å². The van der Waals surface area contributed by atoms with Crippen LogP contribution >= 0.6 is 0 Å². The number of nitrogens with zero attached hydrogens (tertiary/aromatic N) is 1. The predicted molar refractivity (Wildman–Crippen MR) is 88.6 cm³/mol. The number of aliphatic carboxylic acids is 1. The zero-order valence-electron chi connectivity index (χ0n) is 14.0. The van der Waals surface area contributed by atoms with Crippen molar-refractivity contribution in [1.29, 1.82) is 0 Å². The molecule has 1 aromatic carbocycles. The van der Waals surface area contributed by atoms with Crippen molar-refractivity contribution in [2.45, 2.75) is 32.7 Å². The summed E-state index contributed by atoms with van der Waals surface area (Å²) in [5.74, 6) is -0.956. The Balaban J connectivity index is 1.85. The summed E-state index contributed by atoms with van der Waals surface area (Å²) in [5.41, 5.74) is 1.78. The third kappa shape index (κ3) is 4.26. The molecule has 1 heterocycles. The van der Waals surface area contributed by atoms with Gasteiger partial charge in [0.1, 0.15) is 18.0 Å². The Morgan fingerprint density at radius 2 is 1.96 bits per heavy atom. The van der Waals surface area contributed by atoms with Crippen LogP contribution < -0.4 is 0 Å². The van der Waals surface area contributed by atoms with Gasteiger partial charge in [0.2, 0.25) is 0 Å². The predicted octanol–water partition coefficient (Wildman–Crippen LogP) is 3.41. The molecule has 6 heteroatoms. The highest BCUT2D eigenvalue weighted by Gasteiger charge is 2.30. The van der Waals surface area contributed by atoms with E-state index in [9.17, 15) is 14.0 Å². The highest BCUT2D eigenvalue weighted by Crippen LogP contribution is 2.31. The fourth-order valence-electron chi connectivity index (χ4n) is 2.85. The summed E-state index contributed by atoms with van der Waals surface area (Å²) in [5, 5.41) is 9.02. The zero-order valence-corrected chi connectivity index (χ0v) is 14.0. The van der Waals surface area contributed by atoms with E-state index in [2.05, 4.69) is 0 Å². The Bertz CT molecular complexity index is 777. The lowest BCUT2D eigenvalue weighted by atomic mass is 10.1. The summed E-state index contributed by atoms with van der Waals surface area (Å²) in [6, 6.07) is 6.05. The standard InChI is InChI=1S/C19H20FNO4/c1-12-11-25-16(8-17(22)23)18(12)19(24)21(9-13-2-3-13)10-14-4-6-15(20)7-5-14/h4-7,11,13H,2-3,8-10H2,1H3,(H,22,23). The molecule has 1 fully saturated rings. The van der Waals surface area contributed by atoms with Gasteiger partial charge in [-0.3, -0.25) is 9.59 Å². The first-order valence-corrected chi connectivity index (χ1v) is 8.26. The van der Waals surface area contributed by atoms with Crippen LogP contribution in [0.4, 0.5) is 4.39 Å². The zero-order chi connectivity index (χ0) is 18.0. The third-order valence-electron chi connectivity index (χ3n) is 4.33. The number of carbonyl (C=O) groups excluding carboxylic acids is 1. The summed E-state index contributed by atoms with van der Waals surface area (Å²) in [4.78, 5) is 25.8. The highest BCUT2D eigenvalue weighted by atomic mass is 19.1. The first kappa shape index (κ1) is 17.2. The number of carboxylic acid groups (broad SMARTS) is 1. The van der Waals surface area contributed by atoms with Crippen LogP contribution in [0, 0.1) is 18.7 Å². The molecule has 1 amide bonds. The molecule has 3 rings (SSSR count). The van der Waals surface area contributed by atoms with Gasteiger partial charge in [0, 0.05) is 18.7 Å². The SMILES string of the molecule is Cc1coc(CC(=O)O)c1C(=O)N(Cc1ccc(F)cc1)CC1CC1. The first-order chi connectivity index (χ1) is 11.9. The fourth-order valence-corrected chi connectivity index (χ4v) is 2.85. The van der Waals surface area contributed by atoms with Gasteiger partial charge >= 0.3 is 5.97 Å². The molecule has 0 unspecified atom stereocenters. The molecule has 0 atom stereocenters. The van der Waals surface area contributed by atoms with Gasteiger partial charge in [0.25, 0.3) is 5.91 Å². The van der Waals surface area contributed by atoms with Gasteiger partial charge in [-0.2, -0.15) is 0 Å². The van der Waals surface area contributed by atoms with Crippen LogP contribution in [0.5, 0.6) is 0 Å². The van der Waals surface area contributed by atoms with Crippen LogP contribution in [-0.2, 0) is 17.8 Å². The lowest BCUT2D eigenvalue weighted by Gasteiger charge is -2.23. The molecular formula is C19H20FNO4. The smallest absolute Gasteiger partial charge is 0.311 e. The maximum Gasteiger partial charge on any atom is 0.311 e. The lowest BCUT2D eigenvalue weighted by Crippen LogP contribution is -2.33. The minimum atomic E-state index is -1.05. The first-order valence-electron chi connectivity index (χ1n) is 8.26. The molecule has 0 radical (unpaired) electrons. The average molecular weight is 345 g/mol. The Morgan fingerprint density at radius 1 is 1.28 bits per heavy atom. The normalized spacial score (nSPS) is 13.7. The monoisotopic (exact) mass is 345 g/mol. The molecule has 0 spiro atoms. The van der Waals surface area contributed by atoms with Crippen LogP contribution in [-0.4, -0.2) is 28.4 Å². The summed E-state index contributed by atoms with van der Waals surface area (Å²) in [6.45, 7) is 2.69. The second-order valence-electron chi connectivity index (χ2n) is 6.54. The van der Waals surface area contributed by atoms with Gasteiger partial charge in [0.15, 0.2) is 0 Å². The Morgan fingerprint density at radius 3 is 2.56 bits per heavy atom. The second-order valence-corrected chi connectivity index (χ2v) is 6.54. The number of rotatable bonds is 7. The van der Waals surface area contributed by atoms with Gasteiger partial charge in [0.05, 0.1) is 11.8 Å². The minimum Gasteiger partial charge on any atom is -0.481 e. The molecule has 2 aromatic rings. The van der Waals surface area contributed by atoms with Gasteiger partial charge in [-0.05, 0) is 43.4 Å². The Labute approximate surface area is 145 Å². The second kappa shape index (κ2) is 7.09. The number of aryl methyl sites for hydroxylation is 1. The van der Waals surface area contributed by atoms with Crippen molar-refractivity contribution >= 4 is 11.9 Å². The molecule has 1 N–H and O–H groups in total. The van der Waals surface area contributed by atoms with Crippen molar-refractivity contribution in [3.63, 3.8) is 0 Å². The van der Waals surface area contributed by atoms with Gasteiger partial charge < -0.3 is 14.4 Å². The quantitative estimate of drug-likeness (QED) is 0.835. The number of hydrogen-bond acceptors (Lipinski definition) is 3. The number of benzene rings is 1. The number of halogens is 1. The maximum absolute atomic E-state index is 13.1. The van der Waals surface area contributed by atoms with Crippen molar-refractivity contribution < 1.29 is 23.5 Å². The molecule has 1 saturated carbocycles. The van der Waals surface area contributed by atoms with Crippen LogP contribution in [0.25, 0.3) is 0 Å². The van der Waals surface area contributed by atoms with E-state index in [1.54, 1.807) is 24.0 Å². The fraction of sp³-hybridized carbons (Fsp3) is 0.368. The largest absolute Gasteiger partial charge is 0.481 e. The average Bonchev–Trinajstić information content (AvgIpc) is 3.31. The molecular weight excluding hydrogens is 325 g/mol. The summed E-state index contributed by atoms with van der Waals surface area (Å²) in [6.07, 6.45) is 3.25. The van der Waals surface area contributed by atoms with E-state index in [1.165, 1.54) is 18.4 Å². The van der Waals surface area contributed by atoms with Crippen molar-refractivity contribution in [3.05, 3.63) is 58.8 Å². The van der Waals surface area contributed by atoms with Crippen LogP contribution in [0.15, 0.2) is 34.9 Å². The van der Waals surface area contributed by atoms with Crippen molar-refractivity contribution in [1.82, 2.24) is 4.90 Å². The van der Waals surface area contributed by atoms with Crippen LogP contribution in [0.1, 0.15) is 40.1 Å². The molecule has 0 bridgehead atoms. The van der Waals surface area contributed by atoms with E-state index in [4.69, 9.17) is 9.52 Å². The number of amides is 1. The molecule has 0 aliphatic heterocycles. The maximum atomic E-state index is 13.1. The topological polar surface area (TPSA) is 70.7 Å². The van der Waals surface area contributed by atoms with E-state index in [-0.39, 0.29) is 23.9 Å². The van der Waals surface area contributed by atoms with Gasteiger partial charge in [-0.15, -0.1) is 0 Å². The number of carboxylic acids is 1. The molecule has 25 heavy (non-hydrogen) atoms. The van der Waals surface area contributed by atoms with Crippen molar-refractivity contribution in [2.24, 2.45) is 5.92 Å². The number of furan rings is 1. The van der Waals surface area contributed by atoms with Crippen LogP contribution in [0.2, 0.25) is 0 Å². The third-order valence-corrected chi connectivity index (χ3v) is 4.33. The summed E-state index contributed by atoms with van der Waals surface area (Å²) < 4.78 is 18.4. The molecule has 0 saturated heterocycles. The number of carbonyl (C=O) groups is 2. The Hall–Kier alpha value is -2.63. The molecule has 5 nitrogen and oxygen atoms in total. The molecule has 1 aromatic heterocycles. The highest BCUT2D eigenvalue weighted by molar-refractivity contribution is 5.97. The molecule has 1 aliphatic carbocycles. The molecule has 132 valence electrons. The van der Waals surface area contributed by atoms with E-state index in [0.29, 0.717) is 30.1 Å². The van der Waals surface area contributed by atoms with Gasteiger partial charge in [-0.1, -0.05) is 12.1 Å². The lowest BCUT2D eigenvalue weighted by molar-refractivity contribution is -0.136. The van der Waals surface area contributed by atoms with Crippen LogP contribution in [0.3, 0.4) is 0 Å². The Kier molecular flexibility index (Phi) is 4.88. The summed E-state index contributed by atoms with van der Waals surface area (Å²) in [7, 11) is 0. The van der Waals surface area contributed by atoms with E-state index >= 15 is 0 Å². The minimum absolute atomic E-state index is 0.176. The van der Waals surface area contributed by atoms with E-state index < -0.39 is 5.97 Å².